The number of amides is 1. The van der Waals surface area contributed by atoms with Gasteiger partial charge in [0, 0.05) is 24.0 Å². The number of rotatable bonds is 7. The number of ether oxygens (including phenoxy) is 1. The number of nitrogens with one attached hydrogen (secondary N) is 1. The van der Waals surface area contributed by atoms with Crippen LogP contribution >= 0.6 is 11.6 Å². The van der Waals surface area contributed by atoms with Gasteiger partial charge in [0.15, 0.2) is 0 Å². The van der Waals surface area contributed by atoms with Crippen molar-refractivity contribution in [1.82, 2.24) is 5.32 Å². The van der Waals surface area contributed by atoms with Gasteiger partial charge in [0.05, 0.1) is 13.2 Å². The Hall–Kier alpha value is -1.10. The Kier molecular flexibility index (Phi) is 6.72. The van der Waals surface area contributed by atoms with Gasteiger partial charge in [0.1, 0.15) is 0 Å². The molecule has 18 heavy (non-hydrogen) atoms. The molecule has 100 valence electrons. The molecule has 1 aromatic carbocycles. The quantitative estimate of drug-likeness (QED) is 0.742. The molecule has 0 aliphatic rings. The summed E-state index contributed by atoms with van der Waals surface area (Å²) in [4.78, 5) is 11.3. The lowest BCUT2D eigenvalue weighted by molar-refractivity contribution is -0.121. The van der Waals surface area contributed by atoms with E-state index in [1.165, 1.54) is 0 Å². The lowest BCUT2D eigenvalue weighted by Gasteiger charge is -2.08. The Balaban J connectivity index is 2.08. The van der Waals surface area contributed by atoms with Gasteiger partial charge in [-0.15, -0.1) is 0 Å². The predicted octanol–water partition coefficient (Wildman–Crippen LogP) is 1.71. The van der Waals surface area contributed by atoms with E-state index in [9.17, 15) is 4.79 Å². The summed E-state index contributed by atoms with van der Waals surface area (Å²) in [5.41, 5.74) is 6.57. The van der Waals surface area contributed by atoms with Crippen LogP contribution in [0.25, 0.3) is 0 Å². The van der Waals surface area contributed by atoms with Gasteiger partial charge in [-0.25, -0.2) is 0 Å². The number of halogens is 1. The van der Waals surface area contributed by atoms with E-state index in [4.69, 9.17) is 22.1 Å². The van der Waals surface area contributed by atoms with Crippen molar-refractivity contribution in [3.8, 4) is 0 Å². The molecule has 1 atom stereocenters. The topological polar surface area (TPSA) is 64.4 Å². The van der Waals surface area contributed by atoms with E-state index in [0.29, 0.717) is 31.2 Å². The fourth-order valence-corrected chi connectivity index (χ4v) is 1.52. The van der Waals surface area contributed by atoms with Crippen molar-refractivity contribution in [2.24, 2.45) is 5.73 Å². The molecule has 5 heteroatoms. The molecule has 0 saturated heterocycles. The van der Waals surface area contributed by atoms with E-state index in [1.807, 2.05) is 24.3 Å². The maximum Gasteiger partial charge on any atom is 0.221 e. The van der Waals surface area contributed by atoms with E-state index in [0.717, 1.165) is 5.56 Å². The number of benzene rings is 1. The molecular formula is C13H19ClN2O2. The van der Waals surface area contributed by atoms with E-state index in [2.05, 4.69) is 5.32 Å². The van der Waals surface area contributed by atoms with Gasteiger partial charge >= 0.3 is 0 Å². The second kappa shape index (κ2) is 8.08. The molecule has 4 nitrogen and oxygen atoms in total. The van der Waals surface area contributed by atoms with Crippen LogP contribution in [0.5, 0.6) is 0 Å². The normalized spacial score (nSPS) is 12.2. The summed E-state index contributed by atoms with van der Waals surface area (Å²) in [6, 6.07) is 7.36. The smallest absolute Gasteiger partial charge is 0.221 e. The second-order valence-corrected chi connectivity index (χ2v) is 4.65. The maximum absolute atomic E-state index is 11.3. The molecule has 3 N–H and O–H groups in total. The molecule has 0 heterocycles. The minimum Gasteiger partial charge on any atom is -0.375 e. The van der Waals surface area contributed by atoms with Crippen molar-refractivity contribution in [2.45, 2.75) is 26.0 Å². The summed E-state index contributed by atoms with van der Waals surface area (Å²) in [6.45, 7) is 3.30. The number of hydrogen-bond acceptors (Lipinski definition) is 3. The monoisotopic (exact) mass is 270 g/mol. The van der Waals surface area contributed by atoms with Crippen LogP contribution in [0.3, 0.4) is 0 Å². The molecule has 1 rings (SSSR count). The second-order valence-electron chi connectivity index (χ2n) is 4.21. The van der Waals surface area contributed by atoms with Crippen LogP contribution in [0.1, 0.15) is 18.9 Å². The number of carbonyl (C=O) groups is 1. The van der Waals surface area contributed by atoms with Crippen molar-refractivity contribution in [2.75, 3.05) is 13.2 Å². The molecule has 0 bridgehead atoms. The van der Waals surface area contributed by atoms with Gasteiger partial charge in [-0.1, -0.05) is 23.7 Å². The molecule has 0 spiro atoms. The molecule has 0 aliphatic heterocycles. The highest BCUT2D eigenvalue weighted by atomic mass is 35.5. The first-order valence-corrected chi connectivity index (χ1v) is 6.30. The Morgan fingerprint density at radius 1 is 1.44 bits per heavy atom. The van der Waals surface area contributed by atoms with Gasteiger partial charge in [-0.3, -0.25) is 4.79 Å². The van der Waals surface area contributed by atoms with Crippen LogP contribution in [0.4, 0.5) is 0 Å². The van der Waals surface area contributed by atoms with Crippen molar-refractivity contribution in [3.63, 3.8) is 0 Å². The van der Waals surface area contributed by atoms with Crippen LogP contribution in [-0.2, 0) is 16.1 Å². The average molecular weight is 271 g/mol. The first-order chi connectivity index (χ1) is 8.58. The minimum atomic E-state index is -0.111. The SMILES string of the molecule is CC(N)CC(=O)NCCOCc1ccc(Cl)cc1. The van der Waals surface area contributed by atoms with Crippen molar-refractivity contribution in [1.29, 1.82) is 0 Å². The molecule has 0 fully saturated rings. The highest BCUT2D eigenvalue weighted by Gasteiger charge is 2.03. The molecule has 0 aromatic heterocycles. The average Bonchev–Trinajstić information content (AvgIpc) is 2.30. The zero-order valence-corrected chi connectivity index (χ0v) is 11.2. The van der Waals surface area contributed by atoms with Crippen molar-refractivity contribution in [3.05, 3.63) is 34.9 Å². The van der Waals surface area contributed by atoms with Crippen LogP contribution in [-0.4, -0.2) is 25.1 Å². The zero-order chi connectivity index (χ0) is 13.4. The summed E-state index contributed by atoms with van der Waals surface area (Å²) >= 11 is 5.77. The number of carbonyl (C=O) groups excluding carboxylic acids is 1. The summed E-state index contributed by atoms with van der Waals surface area (Å²) in [7, 11) is 0. The fraction of sp³-hybridized carbons (Fsp3) is 0.462. The summed E-state index contributed by atoms with van der Waals surface area (Å²) in [6.07, 6.45) is 0.344. The molecule has 0 radical (unpaired) electrons. The van der Waals surface area contributed by atoms with Crippen molar-refractivity contribution >= 4 is 17.5 Å². The van der Waals surface area contributed by atoms with Crippen LogP contribution in [0, 0.1) is 0 Å². The third kappa shape index (κ3) is 6.59. The Morgan fingerprint density at radius 3 is 2.72 bits per heavy atom. The van der Waals surface area contributed by atoms with Crippen LogP contribution < -0.4 is 11.1 Å². The lowest BCUT2D eigenvalue weighted by atomic mass is 10.2. The minimum absolute atomic E-state index is 0.0416. The Labute approximate surface area is 112 Å². The van der Waals surface area contributed by atoms with Crippen molar-refractivity contribution < 1.29 is 9.53 Å². The molecule has 0 saturated carbocycles. The van der Waals surface area contributed by atoms with Crippen LogP contribution in [0.2, 0.25) is 5.02 Å². The van der Waals surface area contributed by atoms with Gasteiger partial charge < -0.3 is 15.8 Å². The van der Waals surface area contributed by atoms with Gasteiger partial charge in [0.2, 0.25) is 5.91 Å². The molecule has 1 aromatic rings. The fourth-order valence-electron chi connectivity index (χ4n) is 1.40. The van der Waals surface area contributed by atoms with E-state index in [-0.39, 0.29) is 11.9 Å². The summed E-state index contributed by atoms with van der Waals surface area (Å²) in [5, 5.41) is 3.45. The third-order valence-corrected chi connectivity index (χ3v) is 2.51. The molecular weight excluding hydrogens is 252 g/mol. The lowest BCUT2D eigenvalue weighted by Crippen LogP contribution is -2.32. The third-order valence-electron chi connectivity index (χ3n) is 2.26. The Morgan fingerprint density at radius 2 is 2.11 bits per heavy atom. The summed E-state index contributed by atoms with van der Waals surface area (Å²) < 4.78 is 5.43. The van der Waals surface area contributed by atoms with E-state index < -0.39 is 0 Å². The Bertz CT molecular complexity index is 366. The van der Waals surface area contributed by atoms with Crippen LogP contribution in [0.15, 0.2) is 24.3 Å². The highest BCUT2D eigenvalue weighted by molar-refractivity contribution is 6.30. The largest absolute Gasteiger partial charge is 0.375 e. The molecule has 0 aliphatic carbocycles. The van der Waals surface area contributed by atoms with Gasteiger partial charge in [-0.05, 0) is 24.6 Å². The maximum atomic E-state index is 11.3. The zero-order valence-electron chi connectivity index (χ0n) is 10.5. The summed E-state index contributed by atoms with van der Waals surface area (Å²) in [5.74, 6) is -0.0416. The molecule has 1 unspecified atom stereocenters. The standard InChI is InChI=1S/C13H19ClN2O2/c1-10(15)8-13(17)16-6-7-18-9-11-2-4-12(14)5-3-11/h2-5,10H,6-9,15H2,1H3,(H,16,17). The van der Waals surface area contributed by atoms with E-state index >= 15 is 0 Å². The van der Waals surface area contributed by atoms with E-state index in [1.54, 1.807) is 6.92 Å². The first-order valence-electron chi connectivity index (χ1n) is 5.92. The number of hydrogen-bond donors (Lipinski definition) is 2. The predicted molar refractivity (Wildman–Crippen MR) is 72.4 cm³/mol. The highest BCUT2D eigenvalue weighted by Crippen LogP contribution is 2.09. The molecule has 1 amide bonds. The first kappa shape index (κ1) is 15.0. The number of nitrogens with two attached hydrogens (primary N) is 1. The van der Waals surface area contributed by atoms with Gasteiger partial charge in [-0.2, -0.15) is 0 Å². The van der Waals surface area contributed by atoms with Gasteiger partial charge in [0.25, 0.3) is 0 Å².